The van der Waals surface area contributed by atoms with E-state index in [-0.39, 0.29) is 46.3 Å². The van der Waals surface area contributed by atoms with Crippen molar-refractivity contribution in [3.05, 3.63) is 12.2 Å². The van der Waals surface area contributed by atoms with E-state index >= 15 is 0 Å². The SMILES string of the molecule is C=C1C[C@@]23C[C@H]4[C@@H]5[C@@]6(C)C[C@H](O)C[C@@]57[C@@H]2[C@H](O)[C@@H]1[C@@H](OC(C)=O)[C@@H]3[C@H]7N4C6. The zero-order valence-electron chi connectivity index (χ0n) is 16.1. The maximum atomic E-state index is 12.0. The quantitative estimate of drug-likeness (QED) is 0.538. The highest BCUT2D eigenvalue weighted by Crippen LogP contribution is 2.87. The van der Waals surface area contributed by atoms with Gasteiger partial charge in [-0.3, -0.25) is 9.69 Å². The predicted octanol–water partition coefficient (Wildman–Crippen LogP) is 1.33. The van der Waals surface area contributed by atoms with Crippen molar-refractivity contribution in [3.8, 4) is 0 Å². The first-order valence-electron chi connectivity index (χ1n) is 10.7. The number of nitrogens with zero attached hydrogens (tertiary/aromatic N) is 1. The minimum absolute atomic E-state index is 0.00842. The monoisotopic (exact) mass is 371 g/mol. The molecule has 9 rings (SSSR count). The Kier molecular flexibility index (Phi) is 2.46. The molecular formula is C22H29NO4. The summed E-state index contributed by atoms with van der Waals surface area (Å²) in [5.41, 5.74) is 1.24. The molecule has 13 atom stereocenters. The Hall–Kier alpha value is -0.910. The van der Waals surface area contributed by atoms with Crippen LogP contribution >= 0.6 is 0 Å². The van der Waals surface area contributed by atoms with Crippen molar-refractivity contribution in [2.24, 2.45) is 39.9 Å². The number of carbonyl (C=O) groups is 1. The fraction of sp³-hybridized carbons (Fsp3) is 0.864. The first-order valence-corrected chi connectivity index (χ1v) is 10.7. The van der Waals surface area contributed by atoms with Gasteiger partial charge in [-0.2, -0.15) is 0 Å². The molecule has 9 bridgehead atoms. The van der Waals surface area contributed by atoms with Crippen LogP contribution in [-0.4, -0.2) is 58.0 Å². The number of piperidine rings is 2. The summed E-state index contributed by atoms with van der Waals surface area (Å²) in [7, 11) is 0. The Balaban J connectivity index is 1.49. The van der Waals surface area contributed by atoms with Crippen LogP contribution < -0.4 is 0 Å². The molecule has 6 saturated carbocycles. The predicted molar refractivity (Wildman–Crippen MR) is 96.4 cm³/mol. The van der Waals surface area contributed by atoms with Crippen LogP contribution in [0.2, 0.25) is 0 Å². The van der Waals surface area contributed by atoms with E-state index in [4.69, 9.17) is 4.74 Å². The van der Waals surface area contributed by atoms with E-state index in [1.165, 1.54) is 6.92 Å². The topological polar surface area (TPSA) is 70.0 Å². The minimum Gasteiger partial charge on any atom is -0.461 e. The van der Waals surface area contributed by atoms with Crippen LogP contribution in [0.1, 0.15) is 39.5 Å². The molecule has 9 aliphatic rings. The molecule has 27 heavy (non-hydrogen) atoms. The summed E-state index contributed by atoms with van der Waals surface area (Å²) in [6.07, 6.45) is 2.78. The number of aliphatic hydroxyl groups is 2. The van der Waals surface area contributed by atoms with Gasteiger partial charge in [-0.15, -0.1) is 0 Å². The molecule has 2 spiro atoms. The maximum Gasteiger partial charge on any atom is 0.302 e. The lowest BCUT2D eigenvalue weighted by Gasteiger charge is -2.66. The van der Waals surface area contributed by atoms with E-state index in [0.29, 0.717) is 23.9 Å². The molecule has 3 saturated heterocycles. The van der Waals surface area contributed by atoms with Gasteiger partial charge in [-0.25, -0.2) is 0 Å². The maximum absolute atomic E-state index is 12.0. The third-order valence-corrected chi connectivity index (χ3v) is 10.4. The van der Waals surface area contributed by atoms with Gasteiger partial charge in [0, 0.05) is 37.4 Å². The summed E-state index contributed by atoms with van der Waals surface area (Å²) >= 11 is 0. The van der Waals surface area contributed by atoms with Crippen LogP contribution in [0.15, 0.2) is 12.2 Å². The smallest absolute Gasteiger partial charge is 0.302 e. The van der Waals surface area contributed by atoms with Crippen LogP contribution in [0.25, 0.3) is 0 Å². The van der Waals surface area contributed by atoms with Crippen molar-refractivity contribution in [2.45, 2.75) is 69.9 Å². The van der Waals surface area contributed by atoms with E-state index in [9.17, 15) is 15.0 Å². The van der Waals surface area contributed by atoms with Gasteiger partial charge in [0.05, 0.1) is 12.2 Å². The number of ether oxygens (including phenoxy) is 1. The Morgan fingerprint density at radius 2 is 2.04 bits per heavy atom. The third-order valence-electron chi connectivity index (χ3n) is 10.4. The summed E-state index contributed by atoms with van der Waals surface area (Å²) in [6.45, 7) is 9.25. The molecule has 0 aromatic carbocycles. The lowest BCUT2D eigenvalue weighted by Crippen LogP contribution is -2.68. The highest BCUT2D eigenvalue weighted by atomic mass is 16.5. The zero-order valence-corrected chi connectivity index (χ0v) is 16.1. The van der Waals surface area contributed by atoms with Crippen LogP contribution in [0.3, 0.4) is 0 Å². The average Bonchev–Trinajstić information content (AvgIpc) is 2.95. The van der Waals surface area contributed by atoms with Crippen molar-refractivity contribution in [2.75, 3.05) is 6.54 Å². The molecule has 0 aromatic heterocycles. The summed E-state index contributed by atoms with van der Waals surface area (Å²) in [5, 5.41) is 22.5. The molecule has 3 heterocycles. The van der Waals surface area contributed by atoms with Gasteiger partial charge < -0.3 is 14.9 Å². The Morgan fingerprint density at radius 1 is 1.26 bits per heavy atom. The van der Waals surface area contributed by atoms with Gasteiger partial charge in [0.25, 0.3) is 0 Å². The minimum atomic E-state index is -0.493. The van der Waals surface area contributed by atoms with Gasteiger partial charge in [0.1, 0.15) is 6.10 Å². The molecule has 5 heteroatoms. The average molecular weight is 371 g/mol. The van der Waals surface area contributed by atoms with Crippen molar-refractivity contribution in [3.63, 3.8) is 0 Å². The fourth-order valence-corrected chi connectivity index (χ4v) is 11.0. The number of hydrogen-bond acceptors (Lipinski definition) is 5. The van der Waals surface area contributed by atoms with Crippen molar-refractivity contribution < 1.29 is 19.7 Å². The van der Waals surface area contributed by atoms with Crippen molar-refractivity contribution in [1.29, 1.82) is 0 Å². The fourth-order valence-electron chi connectivity index (χ4n) is 11.0. The van der Waals surface area contributed by atoms with Crippen LogP contribution in [-0.2, 0) is 9.53 Å². The molecule has 2 N–H and O–H groups in total. The summed E-state index contributed by atoms with van der Waals surface area (Å²) in [4.78, 5) is 14.7. The number of fused-ring (bicyclic) bond motifs is 1. The summed E-state index contributed by atoms with van der Waals surface area (Å²) in [6, 6.07) is 0.930. The molecule has 0 aromatic rings. The van der Waals surface area contributed by atoms with Crippen molar-refractivity contribution >= 4 is 5.97 Å². The summed E-state index contributed by atoms with van der Waals surface area (Å²) < 4.78 is 5.94. The van der Waals surface area contributed by atoms with E-state index < -0.39 is 6.10 Å². The molecule has 3 aliphatic heterocycles. The largest absolute Gasteiger partial charge is 0.461 e. The van der Waals surface area contributed by atoms with Crippen LogP contribution in [0.4, 0.5) is 0 Å². The molecule has 1 unspecified atom stereocenters. The molecular weight excluding hydrogens is 342 g/mol. The van der Waals surface area contributed by atoms with Gasteiger partial charge in [-0.05, 0) is 53.8 Å². The number of rotatable bonds is 1. The lowest BCUT2D eigenvalue weighted by molar-refractivity contribution is -0.221. The number of aliphatic hydroxyl groups excluding tert-OH is 2. The summed E-state index contributed by atoms with van der Waals surface area (Å²) in [5.74, 6) is 0.709. The first kappa shape index (κ1) is 15.9. The molecule has 0 radical (unpaired) electrons. The first-order chi connectivity index (χ1) is 12.7. The second kappa shape index (κ2) is 4.17. The second-order valence-electron chi connectivity index (χ2n) is 11.4. The molecule has 0 amide bonds. The van der Waals surface area contributed by atoms with Gasteiger partial charge >= 0.3 is 5.97 Å². The molecule has 146 valence electrons. The van der Waals surface area contributed by atoms with Crippen LogP contribution in [0, 0.1) is 39.9 Å². The van der Waals surface area contributed by atoms with Gasteiger partial charge in [-0.1, -0.05) is 19.1 Å². The third kappa shape index (κ3) is 1.34. The molecule has 6 aliphatic carbocycles. The highest BCUT2D eigenvalue weighted by Gasteiger charge is 2.90. The van der Waals surface area contributed by atoms with Crippen molar-refractivity contribution in [1.82, 2.24) is 4.90 Å². The second-order valence-corrected chi connectivity index (χ2v) is 11.4. The number of esters is 1. The van der Waals surface area contributed by atoms with Gasteiger partial charge in [0.15, 0.2) is 0 Å². The number of carbonyl (C=O) groups excluding carboxylic acids is 1. The molecule has 9 fully saturated rings. The zero-order chi connectivity index (χ0) is 18.7. The van der Waals surface area contributed by atoms with E-state index in [2.05, 4.69) is 18.4 Å². The standard InChI is InChI=1S/C22H29NO4/c1-9-4-21-7-12-17-20(3)5-11(25)6-22(17)18(21)15(26)13(9)16(27-10(2)24)14(21)19(22)23(12)8-20/h11-19,25-26H,1,4-8H2,2-3H3/t11-,12-,13+,14+,15+,16+,17+,18+,19+,20-,21-,22-/m0/s1. The Bertz CT molecular complexity index is 812. The Labute approximate surface area is 159 Å². The molecule has 5 nitrogen and oxygen atoms in total. The van der Waals surface area contributed by atoms with E-state index in [0.717, 1.165) is 37.8 Å². The Morgan fingerprint density at radius 3 is 2.78 bits per heavy atom. The van der Waals surface area contributed by atoms with Gasteiger partial charge in [0.2, 0.25) is 0 Å². The van der Waals surface area contributed by atoms with E-state index in [1.54, 1.807) is 0 Å². The van der Waals surface area contributed by atoms with E-state index in [1.807, 2.05) is 0 Å². The lowest BCUT2D eigenvalue weighted by atomic mass is 9.39. The highest BCUT2D eigenvalue weighted by molar-refractivity contribution is 5.66. The number of hydrogen-bond donors (Lipinski definition) is 2. The normalized spacial score (nSPS) is 68.7. The van der Waals surface area contributed by atoms with Crippen LogP contribution in [0.5, 0.6) is 0 Å².